The molecular weight excluding hydrogens is 609 g/mol. The molecule has 1 unspecified atom stereocenters. The van der Waals surface area contributed by atoms with Crippen LogP contribution in [0.1, 0.15) is 41.8 Å². The average molecular weight is 645 g/mol. The summed E-state index contributed by atoms with van der Waals surface area (Å²) in [7, 11) is -0.126. The molecule has 6 rings (SSSR count). The van der Waals surface area contributed by atoms with Crippen LogP contribution in [-0.2, 0) is 14.8 Å². The third-order valence-corrected chi connectivity index (χ3v) is 11.7. The Morgan fingerprint density at radius 2 is 1.67 bits per heavy atom. The van der Waals surface area contributed by atoms with Crippen molar-refractivity contribution < 1.29 is 23.1 Å². The average Bonchev–Trinajstić information content (AvgIpc) is 3.51. The minimum atomic E-state index is -4.05. The summed E-state index contributed by atoms with van der Waals surface area (Å²) in [5, 5.41) is 10.2. The highest BCUT2D eigenvalue weighted by Crippen LogP contribution is 2.42. The second-order valence-electron chi connectivity index (χ2n) is 11.8. The third kappa shape index (κ3) is 6.25. The molecule has 45 heavy (non-hydrogen) atoms. The predicted molar refractivity (Wildman–Crippen MR) is 177 cm³/mol. The van der Waals surface area contributed by atoms with Gasteiger partial charge in [-0.1, -0.05) is 61.7 Å². The van der Waals surface area contributed by atoms with Crippen molar-refractivity contribution >= 4 is 44.6 Å². The van der Waals surface area contributed by atoms with Crippen LogP contribution >= 0.6 is 11.3 Å². The largest absolute Gasteiger partial charge is 0.477 e. The number of thiophene rings is 1. The number of sulfonamides is 1. The van der Waals surface area contributed by atoms with Gasteiger partial charge in [-0.25, -0.2) is 13.2 Å². The van der Waals surface area contributed by atoms with Crippen LogP contribution in [-0.4, -0.2) is 67.9 Å². The maximum Gasteiger partial charge on any atom is 0.348 e. The number of rotatable bonds is 8. The Hall–Kier alpha value is -4.06. The van der Waals surface area contributed by atoms with E-state index in [1.54, 1.807) is 17.0 Å². The first kappa shape index (κ1) is 30.9. The number of aromatic carboxylic acids is 1. The molecule has 234 valence electrons. The Kier molecular flexibility index (Phi) is 8.76. The number of nitrogens with zero attached hydrogens (tertiary/aromatic N) is 4. The lowest BCUT2D eigenvalue weighted by Gasteiger charge is -2.44. The fraction of sp³-hybridized carbons (Fsp3) is 0.324. The van der Waals surface area contributed by atoms with Gasteiger partial charge >= 0.3 is 5.97 Å². The van der Waals surface area contributed by atoms with Crippen LogP contribution in [0.2, 0.25) is 0 Å². The Labute approximate surface area is 267 Å². The van der Waals surface area contributed by atoms with Crippen LogP contribution in [0, 0.1) is 5.92 Å². The van der Waals surface area contributed by atoms with Crippen molar-refractivity contribution in [1.82, 2.24) is 9.29 Å². The standard InChI is InChI=1S/C34H36N4O5S2/c1-36(2)26-15-13-23(14-16-26)28-18-17-27(20-35-28)45(42,43)37-21-30(24-9-5-3-6-10-24)38(32(39)22-37)29-19-31(44-33(29)34(40)41)25-11-7-4-8-12-25/h4,7-8,11-20,24,30H,3,5-6,9-10,21-22H2,1-2H3,(H,40,41). The van der Waals surface area contributed by atoms with Gasteiger partial charge in [-0.05, 0) is 54.7 Å². The number of carboxylic acids is 1. The number of anilines is 2. The molecule has 2 aliphatic rings. The highest BCUT2D eigenvalue weighted by molar-refractivity contribution is 7.89. The molecule has 1 amide bonds. The molecule has 0 bridgehead atoms. The van der Waals surface area contributed by atoms with Crippen LogP contribution in [0.5, 0.6) is 0 Å². The molecule has 2 fully saturated rings. The zero-order valence-electron chi connectivity index (χ0n) is 25.3. The first-order valence-corrected chi connectivity index (χ1v) is 17.4. The number of benzene rings is 2. The number of carboxylic acid groups (broad SMARTS) is 1. The maximum atomic E-state index is 14.0. The van der Waals surface area contributed by atoms with Gasteiger partial charge in [0.05, 0.1) is 24.0 Å². The van der Waals surface area contributed by atoms with E-state index in [9.17, 15) is 23.1 Å². The second kappa shape index (κ2) is 12.7. The van der Waals surface area contributed by atoms with Crippen molar-refractivity contribution in [3.63, 3.8) is 0 Å². The molecule has 3 heterocycles. The molecule has 0 spiro atoms. The summed E-state index contributed by atoms with van der Waals surface area (Å²) in [4.78, 5) is 35.3. The summed E-state index contributed by atoms with van der Waals surface area (Å²) >= 11 is 1.13. The van der Waals surface area contributed by atoms with Crippen molar-refractivity contribution in [2.75, 3.05) is 37.0 Å². The summed E-state index contributed by atoms with van der Waals surface area (Å²) in [6, 6.07) is 21.8. The van der Waals surface area contributed by atoms with Gasteiger partial charge in [0, 0.05) is 43.0 Å². The van der Waals surface area contributed by atoms with Gasteiger partial charge in [0.15, 0.2) is 0 Å². The molecule has 1 aliphatic heterocycles. The quantitative estimate of drug-likeness (QED) is 0.242. The van der Waals surface area contributed by atoms with Crippen LogP contribution in [0.4, 0.5) is 11.4 Å². The fourth-order valence-corrected chi connectivity index (χ4v) is 8.73. The number of pyridine rings is 1. The Morgan fingerprint density at radius 3 is 2.29 bits per heavy atom. The van der Waals surface area contributed by atoms with Gasteiger partial charge in [-0.3, -0.25) is 9.78 Å². The van der Waals surface area contributed by atoms with Crippen molar-refractivity contribution in [3.8, 4) is 21.7 Å². The van der Waals surface area contributed by atoms with Crippen LogP contribution in [0.25, 0.3) is 21.7 Å². The Balaban J connectivity index is 1.31. The first-order valence-electron chi connectivity index (χ1n) is 15.1. The number of amides is 1. The molecule has 1 saturated carbocycles. The van der Waals surface area contributed by atoms with Gasteiger partial charge in [-0.15, -0.1) is 11.3 Å². The molecule has 4 aromatic rings. The van der Waals surface area contributed by atoms with Crippen molar-refractivity contribution in [2.45, 2.75) is 43.0 Å². The minimum absolute atomic E-state index is 0.0212. The number of carbonyl (C=O) groups excluding carboxylic acids is 1. The zero-order chi connectivity index (χ0) is 31.7. The molecule has 1 N–H and O–H groups in total. The predicted octanol–water partition coefficient (Wildman–Crippen LogP) is 6.23. The topological polar surface area (TPSA) is 111 Å². The fourth-order valence-electron chi connectivity index (χ4n) is 6.38. The first-order chi connectivity index (χ1) is 21.6. The van der Waals surface area contributed by atoms with Gasteiger partial charge in [0.2, 0.25) is 15.9 Å². The Morgan fingerprint density at radius 1 is 0.956 bits per heavy atom. The second-order valence-corrected chi connectivity index (χ2v) is 14.8. The lowest BCUT2D eigenvalue weighted by atomic mass is 9.82. The van der Waals surface area contributed by atoms with Crippen molar-refractivity contribution in [3.05, 3.63) is 83.9 Å². The highest BCUT2D eigenvalue weighted by Gasteiger charge is 2.44. The molecule has 9 nitrogen and oxygen atoms in total. The van der Waals surface area contributed by atoms with E-state index in [1.807, 2.05) is 73.6 Å². The van der Waals surface area contributed by atoms with Gasteiger partial charge in [-0.2, -0.15) is 4.31 Å². The van der Waals surface area contributed by atoms with Gasteiger partial charge in [0.25, 0.3) is 0 Å². The summed E-state index contributed by atoms with van der Waals surface area (Å²) in [5.74, 6) is -1.48. The smallest absolute Gasteiger partial charge is 0.348 e. The van der Waals surface area contributed by atoms with E-state index in [-0.39, 0.29) is 28.8 Å². The maximum absolute atomic E-state index is 14.0. The normalized spacial score (nSPS) is 18.2. The van der Waals surface area contributed by atoms with Gasteiger partial charge < -0.3 is 14.9 Å². The summed E-state index contributed by atoms with van der Waals surface area (Å²) in [6.45, 7) is -0.295. The minimum Gasteiger partial charge on any atom is -0.477 e. The molecule has 1 atom stereocenters. The highest BCUT2D eigenvalue weighted by atomic mass is 32.2. The van der Waals surface area contributed by atoms with E-state index >= 15 is 0 Å². The van der Waals surface area contributed by atoms with E-state index in [4.69, 9.17) is 0 Å². The number of piperazine rings is 1. The van der Waals surface area contributed by atoms with Gasteiger partial charge in [0.1, 0.15) is 9.77 Å². The van der Waals surface area contributed by atoms with Crippen LogP contribution in [0.15, 0.2) is 83.9 Å². The lowest BCUT2D eigenvalue weighted by Crippen LogP contribution is -2.60. The molecule has 1 saturated heterocycles. The summed E-state index contributed by atoms with van der Waals surface area (Å²) in [6.07, 6.45) is 6.12. The van der Waals surface area contributed by atoms with E-state index in [0.717, 1.165) is 65.1 Å². The molecule has 1 aliphatic carbocycles. The third-order valence-electron chi connectivity index (χ3n) is 8.77. The van der Waals surface area contributed by atoms with E-state index in [2.05, 4.69) is 4.98 Å². The summed E-state index contributed by atoms with van der Waals surface area (Å²) in [5.41, 5.74) is 3.76. The van der Waals surface area contributed by atoms with Crippen molar-refractivity contribution in [1.29, 1.82) is 0 Å². The van der Waals surface area contributed by atoms with Crippen molar-refractivity contribution in [2.24, 2.45) is 5.92 Å². The number of hydrogen-bond donors (Lipinski definition) is 1. The number of aromatic nitrogens is 1. The zero-order valence-corrected chi connectivity index (χ0v) is 26.9. The summed E-state index contributed by atoms with van der Waals surface area (Å²) < 4.78 is 29.2. The number of hydrogen-bond acceptors (Lipinski definition) is 7. The molecule has 2 aromatic heterocycles. The lowest BCUT2D eigenvalue weighted by molar-refractivity contribution is -0.121. The van der Waals surface area contributed by atoms with E-state index in [0.29, 0.717) is 11.4 Å². The molecular formula is C34H36N4O5S2. The monoisotopic (exact) mass is 644 g/mol. The van der Waals surface area contributed by atoms with Crippen LogP contribution < -0.4 is 9.80 Å². The Bertz CT molecular complexity index is 1780. The molecule has 11 heteroatoms. The number of carbonyl (C=O) groups is 2. The van der Waals surface area contributed by atoms with Crippen LogP contribution in [0.3, 0.4) is 0 Å². The van der Waals surface area contributed by atoms with E-state index < -0.39 is 27.9 Å². The molecule has 0 radical (unpaired) electrons. The molecule has 2 aromatic carbocycles. The SMILES string of the molecule is CN(C)c1ccc(-c2ccc(S(=O)(=O)N3CC(=O)N(c4cc(-c5ccccc5)sc4C(=O)O)C(C4CCCCC4)C3)cn2)cc1. The van der Waals surface area contributed by atoms with E-state index in [1.165, 1.54) is 16.6 Å².